The molecule has 0 bridgehead atoms. The predicted molar refractivity (Wildman–Crippen MR) is 86.5 cm³/mol. The highest BCUT2D eigenvalue weighted by Crippen LogP contribution is 2.31. The van der Waals surface area contributed by atoms with E-state index in [1.807, 2.05) is 6.92 Å². The summed E-state index contributed by atoms with van der Waals surface area (Å²) in [4.78, 5) is 11.2. The van der Waals surface area contributed by atoms with Crippen LogP contribution < -0.4 is 0 Å². The summed E-state index contributed by atoms with van der Waals surface area (Å²) in [5.41, 5.74) is 0.571. The van der Waals surface area contributed by atoms with Gasteiger partial charge in [-0.25, -0.2) is 13.2 Å². The minimum Gasteiger partial charge on any atom is -0.478 e. The number of sulfonamides is 1. The monoisotopic (exact) mass is 393 g/mol. The van der Waals surface area contributed by atoms with Crippen LogP contribution in [0.5, 0.6) is 0 Å². The highest BCUT2D eigenvalue weighted by molar-refractivity contribution is 9.10. The van der Waals surface area contributed by atoms with Gasteiger partial charge in [-0.05, 0) is 40.5 Å². The van der Waals surface area contributed by atoms with Gasteiger partial charge in [0.15, 0.2) is 0 Å². The van der Waals surface area contributed by atoms with Gasteiger partial charge in [-0.1, -0.05) is 6.92 Å². The lowest BCUT2D eigenvalue weighted by molar-refractivity contribution is 0.0696. The Hall–Kier alpha value is -0.570. The molecule has 1 aromatic rings. The van der Waals surface area contributed by atoms with E-state index in [4.69, 9.17) is 5.11 Å². The number of aromatic carboxylic acids is 1. The molecule has 1 unspecified atom stereocenters. The van der Waals surface area contributed by atoms with Gasteiger partial charge in [-0.3, -0.25) is 0 Å². The molecule has 1 aromatic carbocycles. The molecule has 0 spiro atoms. The number of hydrogen-bond acceptors (Lipinski definition) is 4. The number of carbonyl (C=O) groups is 1. The predicted octanol–water partition coefficient (Wildman–Crippen LogP) is 2.58. The van der Waals surface area contributed by atoms with Crippen molar-refractivity contribution in [2.45, 2.75) is 24.0 Å². The molecule has 0 radical (unpaired) electrons. The van der Waals surface area contributed by atoms with Crippen molar-refractivity contribution >= 4 is 43.7 Å². The quantitative estimate of drug-likeness (QED) is 0.853. The lowest BCUT2D eigenvalue weighted by Gasteiger charge is -2.30. The van der Waals surface area contributed by atoms with E-state index in [1.54, 1.807) is 18.7 Å². The zero-order valence-corrected chi connectivity index (χ0v) is 14.9. The first-order valence-electron chi connectivity index (χ1n) is 6.38. The van der Waals surface area contributed by atoms with Crippen molar-refractivity contribution in [3.05, 3.63) is 27.7 Å². The van der Waals surface area contributed by atoms with Crippen molar-refractivity contribution in [3.63, 3.8) is 0 Å². The van der Waals surface area contributed by atoms with E-state index in [2.05, 4.69) is 15.9 Å². The van der Waals surface area contributed by atoms with Crippen LogP contribution >= 0.6 is 27.7 Å². The van der Waals surface area contributed by atoms with Crippen LogP contribution in [0, 0.1) is 6.92 Å². The van der Waals surface area contributed by atoms with Crippen LogP contribution in [0.1, 0.15) is 22.8 Å². The van der Waals surface area contributed by atoms with Crippen LogP contribution in [0.3, 0.4) is 0 Å². The van der Waals surface area contributed by atoms with Gasteiger partial charge < -0.3 is 5.11 Å². The van der Waals surface area contributed by atoms with Gasteiger partial charge in [0.2, 0.25) is 10.0 Å². The van der Waals surface area contributed by atoms with Crippen molar-refractivity contribution in [2.24, 2.45) is 0 Å². The molecular weight excluding hydrogens is 378 g/mol. The van der Waals surface area contributed by atoms with E-state index >= 15 is 0 Å². The first-order valence-corrected chi connectivity index (χ1v) is 9.67. The zero-order chi connectivity index (χ0) is 15.8. The SMILES string of the molecule is Cc1cc(C(=O)O)cc(S(=O)(=O)N2CCSC(C)C2)c1Br. The fourth-order valence-electron chi connectivity index (χ4n) is 2.19. The molecule has 1 N–H and O–H groups in total. The Labute approximate surface area is 136 Å². The van der Waals surface area contributed by atoms with Crippen LogP contribution in [0.4, 0.5) is 0 Å². The second kappa shape index (κ2) is 6.28. The molecule has 2 rings (SSSR count). The lowest BCUT2D eigenvalue weighted by atomic mass is 10.1. The van der Waals surface area contributed by atoms with Crippen molar-refractivity contribution < 1.29 is 18.3 Å². The standard InChI is InChI=1S/C13H16BrNO4S2/c1-8-5-10(13(16)17)6-11(12(8)14)21(18,19)15-3-4-20-9(2)7-15/h5-6,9H,3-4,7H2,1-2H3,(H,16,17). The fraction of sp³-hybridized carbons (Fsp3) is 0.462. The average Bonchev–Trinajstić information content (AvgIpc) is 2.41. The molecule has 1 saturated heterocycles. The fourth-order valence-corrected chi connectivity index (χ4v) is 5.95. The van der Waals surface area contributed by atoms with Gasteiger partial charge in [0.1, 0.15) is 0 Å². The van der Waals surface area contributed by atoms with Crippen LogP contribution in [-0.2, 0) is 10.0 Å². The van der Waals surface area contributed by atoms with Gasteiger partial charge >= 0.3 is 5.97 Å². The Morgan fingerprint density at radius 3 is 2.71 bits per heavy atom. The number of benzene rings is 1. The number of halogens is 1. The zero-order valence-electron chi connectivity index (χ0n) is 11.7. The number of carboxylic acid groups (broad SMARTS) is 1. The summed E-state index contributed by atoms with van der Waals surface area (Å²) in [7, 11) is -3.69. The molecule has 0 aliphatic carbocycles. The van der Waals surface area contributed by atoms with E-state index in [0.717, 1.165) is 5.75 Å². The molecule has 1 aliphatic rings. The lowest BCUT2D eigenvalue weighted by Crippen LogP contribution is -2.41. The Morgan fingerprint density at radius 1 is 1.48 bits per heavy atom. The van der Waals surface area contributed by atoms with Crippen molar-refractivity contribution in [1.29, 1.82) is 0 Å². The normalized spacial score (nSPS) is 20.4. The molecular formula is C13H16BrNO4S2. The minimum absolute atomic E-state index is 0.0197. The van der Waals surface area contributed by atoms with Crippen LogP contribution in [0.2, 0.25) is 0 Å². The summed E-state index contributed by atoms with van der Waals surface area (Å²) >= 11 is 5.01. The molecule has 1 atom stereocenters. The molecule has 1 fully saturated rings. The second-order valence-corrected chi connectivity index (χ2v) is 9.20. The topological polar surface area (TPSA) is 74.7 Å². The van der Waals surface area contributed by atoms with E-state index in [9.17, 15) is 13.2 Å². The van der Waals surface area contributed by atoms with E-state index in [0.29, 0.717) is 23.1 Å². The van der Waals surface area contributed by atoms with Crippen LogP contribution in [-0.4, -0.2) is 47.9 Å². The maximum absolute atomic E-state index is 12.8. The maximum atomic E-state index is 12.8. The Bertz CT molecular complexity index is 675. The minimum atomic E-state index is -3.69. The number of hydrogen-bond donors (Lipinski definition) is 1. The summed E-state index contributed by atoms with van der Waals surface area (Å²) < 4.78 is 27.4. The Kier molecular flexibility index (Phi) is 5.02. The third-order valence-electron chi connectivity index (χ3n) is 3.29. The highest BCUT2D eigenvalue weighted by atomic mass is 79.9. The van der Waals surface area contributed by atoms with E-state index in [-0.39, 0.29) is 15.7 Å². The highest BCUT2D eigenvalue weighted by Gasteiger charge is 2.31. The molecule has 0 saturated carbocycles. The summed E-state index contributed by atoms with van der Waals surface area (Å²) in [5.74, 6) is -0.389. The number of nitrogens with zero attached hydrogens (tertiary/aromatic N) is 1. The number of aryl methyl sites for hydroxylation is 1. The molecule has 8 heteroatoms. The third kappa shape index (κ3) is 3.44. The first-order chi connectivity index (χ1) is 9.73. The maximum Gasteiger partial charge on any atom is 0.335 e. The van der Waals surface area contributed by atoms with Gasteiger partial charge in [0.05, 0.1) is 10.5 Å². The molecule has 0 aromatic heterocycles. The van der Waals surface area contributed by atoms with Gasteiger partial charge in [-0.15, -0.1) is 0 Å². The van der Waals surface area contributed by atoms with Crippen molar-refractivity contribution in [2.75, 3.05) is 18.8 Å². The van der Waals surface area contributed by atoms with Crippen LogP contribution in [0.15, 0.2) is 21.5 Å². The Balaban J connectivity index is 2.51. The second-order valence-electron chi connectivity index (χ2n) is 4.95. The van der Waals surface area contributed by atoms with Crippen molar-refractivity contribution in [1.82, 2.24) is 4.31 Å². The molecule has 5 nitrogen and oxygen atoms in total. The molecule has 1 aliphatic heterocycles. The van der Waals surface area contributed by atoms with Gasteiger partial charge in [-0.2, -0.15) is 16.1 Å². The number of carboxylic acids is 1. The summed E-state index contributed by atoms with van der Waals surface area (Å²) in [5, 5.41) is 9.35. The molecule has 21 heavy (non-hydrogen) atoms. The van der Waals surface area contributed by atoms with Crippen molar-refractivity contribution in [3.8, 4) is 0 Å². The molecule has 0 amide bonds. The largest absolute Gasteiger partial charge is 0.478 e. The molecule has 1 heterocycles. The smallest absolute Gasteiger partial charge is 0.335 e. The third-order valence-corrected chi connectivity index (χ3v) is 7.63. The van der Waals surface area contributed by atoms with E-state index < -0.39 is 16.0 Å². The first kappa shape index (κ1) is 16.8. The number of rotatable bonds is 3. The van der Waals surface area contributed by atoms with Gasteiger partial charge in [0, 0.05) is 28.6 Å². The Morgan fingerprint density at radius 2 is 2.14 bits per heavy atom. The summed E-state index contributed by atoms with van der Waals surface area (Å²) in [6, 6.07) is 2.68. The van der Waals surface area contributed by atoms with Crippen LogP contribution in [0.25, 0.3) is 0 Å². The van der Waals surface area contributed by atoms with Gasteiger partial charge in [0.25, 0.3) is 0 Å². The van der Waals surface area contributed by atoms with E-state index in [1.165, 1.54) is 16.4 Å². The summed E-state index contributed by atoms with van der Waals surface area (Å²) in [6.07, 6.45) is 0. The average molecular weight is 394 g/mol. The number of thioether (sulfide) groups is 1. The molecule has 116 valence electrons. The summed E-state index contributed by atoms with van der Waals surface area (Å²) in [6.45, 7) is 4.56.